The summed E-state index contributed by atoms with van der Waals surface area (Å²) in [5.41, 5.74) is 1.13. The van der Waals surface area contributed by atoms with E-state index in [1.807, 2.05) is 19.2 Å². The number of nitrogens with zero attached hydrogens (tertiary/aromatic N) is 3. The number of nitrogens with one attached hydrogen (secondary N) is 1. The summed E-state index contributed by atoms with van der Waals surface area (Å²) in [5.74, 6) is 1.81. The van der Waals surface area contributed by atoms with E-state index in [2.05, 4.69) is 44.3 Å². The van der Waals surface area contributed by atoms with Gasteiger partial charge < -0.3 is 10.1 Å². The summed E-state index contributed by atoms with van der Waals surface area (Å²) >= 11 is 3.47. The van der Waals surface area contributed by atoms with Gasteiger partial charge in [0.15, 0.2) is 0 Å². The number of benzene rings is 1. The number of halogens is 1. The number of aromatic nitrogens is 3. The van der Waals surface area contributed by atoms with E-state index in [0.717, 1.165) is 34.6 Å². The van der Waals surface area contributed by atoms with Crippen LogP contribution in [0.4, 0.5) is 0 Å². The molecule has 2 rings (SSSR count). The van der Waals surface area contributed by atoms with Gasteiger partial charge in [-0.3, -0.25) is 4.68 Å². The zero-order chi connectivity index (χ0) is 14.5. The van der Waals surface area contributed by atoms with Crippen LogP contribution in [-0.4, -0.2) is 28.4 Å². The molecule has 0 radical (unpaired) electrons. The monoisotopic (exact) mass is 338 g/mol. The molecule has 0 aliphatic rings. The standard InChI is InChI=1S/C14H19BrN4O/c1-4-16-12(8-14-17-9-18-19(14)2)11-6-5-10(15)7-13(11)20-3/h5-7,9,12,16H,4,8H2,1-3H3. The number of hydrogen-bond acceptors (Lipinski definition) is 4. The molecule has 20 heavy (non-hydrogen) atoms. The maximum atomic E-state index is 5.49. The molecule has 0 spiro atoms. The predicted molar refractivity (Wildman–Crippen MR) is 81.8 cm³/mol. The van der Waals surface area contributed by atoms with E-state index in [4.69, 9.17) is 4.74 Å². The van der Waals surface area contributed by atoms with Crippen molar-refractivity contribution in [3.8, 4) is 5.75 Å². The van der Waals surface area contributed by atoms with Gasteiger partial charge in [-0.1, -0.05) is 28.9 Å². The summed E-state index contributed by atoms with van der Waals surface area (Å²) in [6.07, 6.45) is 2.35. The molecule has 0 amide bonds. The van der Waals surface area contributed by atoms with E-state index in [9.17, 15) is 0 Å². The molecule has 0 fully saturated rings. The van der Waals surface area contributed by atoms with E-state index in [1.54, 1.807) is 18.1 Å². The topological polar surface area (TPSA) is 52.0 Å². The Morgan fingerprint density at radius 2 is 2.25 bits per heavy atom. The van der Waals surface area contributed by atoms with Gasteiger partial charge in [0.1, 0.15) is 17.9 Å². The molecule has 0 saturated heterocycles. The van der Waals surface area contributed by atoms with Gasteiger partial charge in [-0.05, 0) is 18.7 Å². The van der Waals surface area contributed by atoms with Crippen LogP contribution in [0, 0.1) is 0 Å². The van der Waals surface area contributed by atoms with Gasteiger partial charge in [-0.25, -0.2) is 4.98 Å². The second-order valence-electron chi connectivity index (χ2n) is 4.50. The highest BCUT2D eigenvalue weighted by Crippen LogP contribution is 2.30. The quantitative estimate of drug-likeness (QED) is 0.879. The zero-order valence-electron chi connectivity index (χ0n) is 11.9. The van der Waals surface area contributed by atoms with Crippen molar-refractivity contribution in [2.24, 2.45) is 7.05 Å². The third kappa shape index (κ3) is 3.37. The van der Waals surface area contributed by atoms with Gasteiger partial charge in [0.25, 0.3) is 0 Å². The van der Waals surface area contributed by atoms with Crippen LogP contribution in [0.15, 0.2) is 29.0 Å². The molecule has 108 valence electrons. The minimum atomic E-state index is 0.144. The highest BCUT2D eigenvalue weighted by atomic mass is 79.9. The second-order valence-corrected chi connectivity index (χ2v) is 5.42. The first-order valence-corrected chi connectivity index (χ1v) is 7.34. The lowest BCUT2D eigenvalue weighted by Crippen LogP contribution is -2.24. The first kappa shape index (κ1) is 15.0. The Bertz CT molecular complexity index is 570. The van der Waals surface area contributed by atoms with Crippen LogP contribution >= 0.6 is 15.9 Å². The highest BCUT2D eigenvalue weighted by molar-refractivity contribution is 9.10. The van der Waals surface area contributed by atoms with E-state index < -0.39 is 0 Å². The highest BCUT2D eigenvalue weighted by Gasteiger charge is 2.18. The molecule has 1 aromatic carbocycles. The van der Waals surface area contributed by atoms with Crippen molar-refractivity contribution in [3.05, 3.63) is 40.4 Å². The average molecular weight is 339 g/mol. The van der Waals surface area contributed by atoms with E-state index >= 15 is 0 Å². The third-order valence-corrected chi connectivity index (χ3v) is 3.71. The summed E-state index contributed by atoms with van der Waals surface area (Å²) in [7, 11) is 3.60. The van der Waals surface area contributed by atoms with Crippen molar-refractivity contribution in [1.29, 1.82) is 0 Å². The second kappa shape index (κ2) is 6.85. The molecule has 2 aromatic rings. The number of ether oxygens (including phenoxy) is 1. The van der Waals surface area contributed by atoms with Crippen LogP contribution < -0.4 is 10.1 Å². The predicted octanol–water partition coefficient (Wildman–Crippen LogP) is 2.48. The zero-order valence-corrected chi connectivity index (χ0v) is 13.5. The lowest BCUT2D eigenvalue weighted by molar-refractivity contribution is 0.397. The Morgan fingerprint density at radius 3 is 2.85 bits per heavy atom. The van der Waals surface area contributed by atoms with E-state index in [-0.39, 0.29) is 6.04 Å². The Kier molecular flexibility index (Phi) is 5.14. The van der Waals surface area contributed by atoms with Gasteiger partial charge >= 0.3 is 0 Å². The fourth-order valence-corrected chi connectivity index (χ4v) is 2.54. The molecule has 0 bridgehead atoms. The lowest BCUT2D eigenvalue weighted by Gasteiger charge is -2.20. The number of aryl methyl sites for hydroxylation is 1. The first-order chi connectivity index (χ1) is 9.65. The van der Waals surface area contributed by atoms with Crippen molar-refractivity contribution in [1.82, 2.24) is 20.1 Å². The van der Waals surface area contributed by atoms with Gasteiger partial charge in [-0.2, -0.15) is 5.10 Å². The molecule has 1 atom stereocenters. The van der Waals surface area contributed by atoms with Crippen molar-refractivity contribution in [3.63, 3.8) is 0 Å². The van der Waals surface area contributed by atoms with Gasteiger partial charge in [0.2, 0.25) is 0 Å². The summed E-state index contributed by atoms with van der Waals surface area (Å²) in [4.78, 5) is 4.30. The van der Waals surface area contributed by atoms with Crippen molar-refractivity contribution in [2.75, 3.05) is 13.7 Å². The van der Waals surface area contributed by atoms with Gasteiger partial charge in [0.05, 0.1) is 7.11 Å². The average Bonchev–Trinajstić information content (AvgIpc) is 2.84. The van der Waals surface area contributed by atoms with E-state index in [0.29, 0.717) is 0 Å². The molecule has 1 heterocycles. The third-order valence-electron chi connectivity index (χ3n) is 3.21. The smallest absolute Gasteiger partial charge is 0.138 e. The minimum absolute atomic E-state index is 0.144. The molecule has 1 aromatic heterocycles. The number of hydrogen-bond donors (Lipinski definition) is 1. The molecule has 1 unspecified atom stereocenters. The summed E-state index contributed by atoms with van der Waals surface area (Å²) < 4.78 is 8.30. The SMILES string of the molecule is CCNC(Cc1ncnn1C)c1ccc(Br)cc1OC. The van der Waals surface area contributed by atoms with Crippen LogP contribution in [0.3, 0.4) is 0 Å². The maximum absolute atomic E-state index is 5.49. The molecule has 5 nitrogen and oxygen atoms in total. The molecule has 0 aliphatic carbocycles. The van der Waals surface area contributed by atoms with Crippen LogP contribution in [0.2, 0.25) is 0 Å². The number of methoxy groups -OCH3 is 1. The van der Waals surface area contributed by atoms with Crippen LogP contribution in [0.1, 0.15) is 24.4 Å². The Balaban J connectivity index is 2.30. The summed E-state index contributed by atoms with van der Waals surface area (Å²) in [6, 6.07) is 6.23. The van der Waals surface area contributed by atoms with Gasteiger partial charge in [0, 0.05) is 29.5 Å². The first-order valence-electron chi connectivity index (χ1n) is 6.55. The molecule has 0 aliphatic heterocycles. The van der Waals surface area contributed by atoms with Crippen molar-refractivity contribution < 1.29 is 4.74 Å². The number of likely N-dealkylation sites (N-methyl/N-ethyl adjacent to an activating group) is 1. The van der Waals surface area contributed by atoms with Gasteiger partial charge in [-0.15, -0.1) is 0 Å². The maximum Gasteiger partial charge on any atom is 0.138 e. The van der Waals surface area contributed by atoms with Crippen molar-refractivity contribution >= 4 is 15.9 Å². The molecule has 1 N–H and O–H groups in total. The molecule has 6 heteroatoms. The molecular weight excluding hydrogens is 320 g/mol. The minimum Gasteiger partial charge on any atom is -0.496 e. The normalized spacial score (nSPS) is 12.4. The molecule has 0 saturated carbocycles. The molecular formula is C14H19BrN4O. The summed E-state index contributed by atoms with van der Waals surface area (Å²) in [5, 5.41) is 7.60. The Hall–Kier alpha value is -1.40. The van der Waals surface area contributed by atoms with Crippen LogP contribution in [-0.2, 0) is 13.5 Å². The lowest BCUT2D eigenvalue weighted by atomic mass is 10.0. The number of rotatable bonds is 6. The van der Waals surface area contributed by atoms with Crippen molar-refractivity contribution in [2.45, 2.75) is 19.4 Å². The fraction of sp³-hybridized carbons (Fsp3) is 0.429. The van der Waals surface area contributed by atoms with Crippen LogP contribution in [0.25, 0.3) is 0 Å². The largest absolute Gasteiger partial charge is 0.496 e. The fourth-order valence-electron chi connectivity index (χ4n) is 2.20. The van der Waals surface area contributed by atoms with Crippen LogP contribution in [0.5, 0.6) is 5.75 Å². The Labute approximate surface area is 127 Å². The Morgan fingerprint density at radius 1 is 1.45 bits per heavy atom. The van der Waals surface area contributed by atoms with E-state index in [1.165, 1.54) is 0 Å². The summed E-state index contributed by atoms with van der Waals surface area (Å²) in [6.45, 7) is 2.97.